The summed E-state index contributed by atoms with van der Waals surface area (Å²) in [4.78, 5) is 7.71. The van der Waals surface area contributed by atoms with Crippen molar-refractivity contribution in [1.82, 2.24) is 9.97 Å². The minimum Gasteiger partial charge on any atom is -0.377 e. The number of halogens is 3. The van der Waals surface area contributed by atoms with Gasteiger partial charge in [-0.25, -0.2) is 4.98 Å². The molecule has 2 atom stereocenters. The molecule has 0 spiro atoms. The number of ether oxygens (including phenoxy) is 2. The van der Waals surface area contributed by atoms with Crippen LogP contribution in [0.5, 0.6) is 0 Å². The zero-order chi connectivity index (χ0) is 13.1. The van der Waals surface area contributed by atoms with E-state index in [0.717, 1.165) is 6.61 Å². The molecule has 1 aromatic rings. The molecule has 18 heavy (non-hydrogen) atoms. The van der Waals surface area contributed by atoms with E-state index < -0.39 is 0 Å². The molecule has 1 saturated heterocycles. The van der Waals surface area contributed by atoms with Crippen LogP contribution in [0.25, 0.3) is 0 Å². The molecule has 0 amide bonds. The van der Waals surface area contributed by atoms with E-state index in [1.165, 1.54) is 0 Å². The molecule has 0 saturated carbocycles. The van der Waals surface area contributed by atoms with E-state index in [2.05, 4.69) is 15.3 Å². The van der Waals surface area contributed by atoms with Crippen LogP contribution in [0.15, 0.2) is 0 Å². The molecule has 1 N–H and O–H groups in total. The summed E-state index contributed by atoms with van der Waals surface area (Å²) in [5.74, 6) is 0.403. The lowest BCUT2D eigenvalue weighted by molar-refractivity contribution is 0.111. The summed E-state index contributed by atoms with van der Waals surface area (Å²) in [7, 11) is 0. The largest absolute Gasteiger partial charge is 0.377 e. The van der Waals surface area contributed by atoms with Crippen molar-refractivity contribution < 1.29 is 9.47 Å². The van der Waals surface area contributed by atoms with Crippen LogP contribution in [-0.4, -0.2) is 41.9 Å². The first-order valence-electron chi connectivity index (χ1n) is 5.40. The molecule has 1 fully saturated rings. The fourth-order valence-electron chi connectivity index (χ4n) is 1.31. The van der Waals surface area contributed by atoms with Crippen LogP contribution in [0.4, 0.5) is 5.82 Å². The third kappa shape index (κ3) is 4.10. The van der Waals surface area contributed by atoms with Gasteiger partial charge in [0.1, 0.15) is 11.1 Å². The van der Waals surface area contributed by atoms with Gasteiger partial charge in [0.25, 0.3) is 0 Å². The van der Waals surface area contributed by atoms with Gasteiger partial charge in [0.2, 0.25) is 5.28 Å². The van der Waals surface area contributed by atoms with Crippen molar-refractivity contribution >= 4 is 40.6 Å². The molecule has 0 radical (unpaired) electrons. The minimum absolute atomic E-state index is 0.0169. The zero-order valence-corrected chi connectivity index (χ0v) is 11.9. The molecule has 1 aliphatic rings. The maximum atomic E-state index is 5.96. The second-order valence-electron chi connectivity index (χ2n) is 3.98. The Morgan fingerprint density at radius 2 is 2.17 bits per heavy atom. The standard InChI is InChI=1S/C10H12Cl3N3O2/c1-5(2-17-3-6-4-18-6)14-9-7(11)8(12)15-10(13)16-9/h5-6H,2-4H2,1H3,(H,14,15,16)/t5?,6-/m1/s1. The predicted molar refractivity (Wildman–Crippen MR) is 70.7 cm³/mol. The lowest BCUT2D eigenvalue weighted by Crippen LogP contribution is -2.23. The molecular weight excluding hydrogens is 300 g/mol. The molecule has 0 bridgehead atoms. The predicted octanol–water partition coefficient (Wildman–Crippen LogP) is 2.65. The molecule has 8 heteroatoms. The molecule has 0 aliphatic carbocycles. The van der Waals surface area contributed by atoms with Crippen LogP contribution >= 0.6 is 34.8 Å². The number of hydrogen-bond acceptors (Lipinski definition) is 5. The number of epoxide rings is 1. The highest BCUT2D eigenvalue weighted by atomic mass is 35.5. The van der Waals surface area contributed by atoms with Crippen LogP contribution in [0.2, 0.25) is 15.5 Å². The highest BCUT2D eigenvalue weighted by molar-refractivity contribution is 6.43. The second-order valence-corrected chi connectivity index (χ2v) is 5.06. The van der Waals surface area contributed by atoms with Gasteiger partial charge in [-0.15, -0.1) is 0 Å². The van der Waals surface area contributed by atoms with Crippen molar-refractivity contribution in [3.05, 3.63) is 15.5 Å². The van der Waals surface area contributed by atoms with Crippen LogP contribution in [0.3, 0.4) is 0 Å². The first-order chi connectivity index (χ1) is 8.56. The molecule has 5 nitrogen and oxygen atoms in total. The molecule has 1 aliphatic heterocycles. The summed E-state index contributed by atoms with van der Waals surface area (Å²) in [6.07, 6.45) is 0.253. The lowest BCUT2D eigenvalue weighted by atomic mass is 10.3. The summed E-state index contributed by atoms with van der Waals surface area (Å²) in [6.45, 7) is 3.83. The molecule has 0 aromatic carbocycles. The maximum Gasteiger partial charge on any atom is 0.225 e. The Balaban J connectivity index is 1.86. The summed E-state index contributed by atoms with van der Waals surface area (Å²) >= 11 is 17.5. The Morgan fingerprint density at radius 3 is 2.83 bits per heavy atom. The van der Waals surface area contributed by atoms with Gasteiger partial charge in [0, 0.05) is 6.04 Å². The first-order valence-corrected chi connectivity index (χ1v) is 6.54. The van der Waals surface area contributed by atoms with Crippen LogP contribution < -0.4 is 5.32 Å². The van der Waals surface area contributed by atoms with E-state index in [0.29, 0.717) is 19.0 Å². The van der Waals surface area contributed by atoms with Gasteiger partial charge < -0.3 is 14.8 Å². The molecule has 2 heterocycles. The third-order valence-corrected chi connectivity index (χ3v) is 3.14. The van der Waals surface area contributed by atoms with Gasteiger partial charge in [-0.05, 0) is 18.5 Å². The summed E-state index contributed by atoms with van der Waals surface area (Å²) in [6, 6.07) is 0.0169. The van der Waals surface area contributed by atoms with Crippen molar-refractivity contribution in [1.29, 1.82) is 0 Å². The van der Waals surface area contributed by atoms with Gasteiger partial charge in [0.15, 0.2) is 11.0 Å². The van der Waals surface area contributed by atoms with E-state index in [9.17, 15) is 0 Å². The quantitative estimate of drug-likeness (QED) is 0.497. The Kier molecular flexibility index (Phi) is 4.86. The smallest absolute Gasteiger partial charge is 0.225 e. The molecule has 1 aromatic heterocycles. The Bertz CT molecular complexity index is 429. The molecular formula is C10H12Cl3N3O2. The summed E-state index contributed by atoms with van der Waals surface area (Å²) in [5.41, 5.74) is 0. The van der Waals surface area contributed by atoms with Crippen LogP contribution in [0.1, 0.15) is 6.92 Å². The van der Waals surface area contributed by atoms with Crippen LogP contribution in [-0.2, 0) is 9.47 Å². The number of nitrogens with one attached hydrogen (secondary N) is 1. The van der Waals surface area contributed by atoms with Crippen molar-refractivity contribution in [3.8, 4) is 0 Å². The first kappa shape index (κ1) is 14.1. The minimum atomic E-state index is 0.0169. The SMILES string of the molecule is CC(COC[C@@H]1CO1)Nc1nc(Cl)nc(Cl)c1Cl. The maximum absolute atomic E-state index is 5.96. The summed E-state index contributed by atoms with van der Waals surface area (Å²) < 4.78 is 10.5. The van der Waals surface area contributed by atoms with E-state index in [-0.39, 0.29) is 27.6 Å². The third-order valence-electron chi connectivity index (χ3n) is 2.24. The fraction of sp³-hybridized carbons (Fsp3) is 0.600. The highest BCUT2D eigenvalue weighted by Gasteiger charge is 2.22. The fourth-order valence-corrected chi connectivity index (χ4v) is 1.83. The lowest BCUT2D eigenvalue weighted by Gasteiger charge is -2.15. The van der Waals surface area contributed by atoms with Crippen molar-refractivity contribution in [2.75, 3.05) is 25.1 Å². The van der Waals surface area contributed by atoms with Gasteiger partial charge in [0.05, 0.1) is 19.8 Å². The zero-order valence-electron chi connectivity index (χ0n) is 9.62. The average Bonchev–Trinajstić information content (AvgIpc) is 3.09. The van der Waals surface area contributed by atoms with E-state index in [1.807, 2.05) is 6.92 Å². The van der Waals surface area contributed by atoms with Gasteiger partial charge in [-0.3, -0.25) is 0 Å². The number of aromatic nitrogens is 2. The van der Waals surface area contributed by atoms with Gasteiger partial charge in [-0.1, -0.05) is 23.2 Å². The topological polar surface area (TPSA) is 59.6 Å². The van der Waals surface area contributed by atoms with Crippen molar-refractivity contribution in [2.45, 2.75) is 19.1 Å². The molecule has 2 rings (SSSR count). The van der Waals surface area contributed by atoms with E-state index >= 15 is 0 Å². The summed E-state index contributed by atoms with van der Waals surface area (Å²) in [5, 5.41) is 3.49. The van der Waals surface area contributed by atoms with Crippen molar-refractivity contribution in [2.24, 2.45) is 0 Å². The van der Waals surface area contributed by atoms with Gasteiger partial charge >= 0.3 is 0 Å². The van der Waals surface area contributed by atoms with E-state index in [4.69, 9.17) is 44.3 Å². The molecule has 1 unspecified atom stereocenters. The average molecular weight is 313 g/mol. The normalized spacial score (nSPS) is 19.7. The number of nitrogens with zero attached hydrogens (tertiary/aromatic N) is 2. The van der Waals surface area contributed by atoms with E-state index in [1.54, 1.807) is 0 Å². The van der Waals surface area contributed by atoms with Crippen LogP contribution in [0, 0.1) is 0 Å². The number of hydrogen-bond donors (Lipinski definition) is 1. The Hall–Kier alpha value is -0.330. The monoisotopic (exact) mass is 311 g/mol. The Labute approximate surface area is 120 Å². The second kappa shape index (κ2) is 6.21. The molecule has 100 valence electrons. The highest BCUT2D eigenvalue weighted by Crippen LogP contribution is 2.28. The number of anilines is 1. The number of rotatable bonds is 6. The van der Waals surface area contributed by atoms with Crippen molar-refractivity contribution in [3.63, 3.8) is 0 Å². The Morgan fingerprint density at radius 1 is 1.44 bits per heavy atom. The van der Waals surface area contributed by atoms with Gasteiger partial charge in [-0.2, -0.15) is 4.98 Å².